The number of nitrogens with one attached hydrogen (secondary N) is 1. The van der Waals surface area contributed by atoms with Gasteiger partial charge >= 0.3 is 6.09 Å². The van der Waals surface area contributed by atoms with E-state index in [-0.39, 0.29) is 30.2 Å². The summed E-state index contributed by atoms with van der Waals surface area (Å²) in [7, 11) is 0. The van der Waals surface area contributed by atoms with Gasteiger partial charge in [-0.05, 0) is 37.5 Å². The lowest BCUT2D eigenvalue weighted by molar-refractivity contribution is -0.131. The molecule has 4 rings (SSSR count). The zero-order chi connectivity index (χ0) is 18.8. The van der Waals surface area contributed by atoms with Gasteiger partial charge in [-0.2, -0.15) is 0 Å². The Labute approximate surface area is 159 Å². The molecule has 3 fully saturated rings. The molecule has 3 saturated heterocycles. The highest BCUT2D eigenvalue weighted by atomic mass is 16.6. The Hall–Kier alpha value is -2.28. The maximum Gasteiger partial charge on any atom is 0.410 e. The molecule has 2 amide bonds. The normalized spacial score (nSPS) is 25.4. The van der Waals surface area contributed by atoms with Gasteiger partial charge in [0.25, 0.3) is 0 Å². The van der Waals surface area contributed by atoms with E-state index < -0.39 is 0 Å². The number of ether oxygens (including phenoxy) is 2. The van der Waals surface area contributed by atoms with Crippen LogP contribution < -0.4 is 10.1 Å². The van der Waals surface area contributed by atoms with Crippen LogP contribution in [0.25, 0.3) is 0 Å². The van der Waals surface area contributed by atoms with Gasteiger partial charge < -0.3 is 19.7 Å². The topological polar surface area (TPSA) is 71.1 Å². The molecule has 7 heteroatoms. The summed E-state index contributed by atoms with van der Waals surface area (Å²) in [6.45, 7) is 5.51. The number of fused-ring (bicyclic) bond motifs is 1. The Morgan fingerprint density at radius 3 is 2.67 bits per heavy atom. The first kappa shape index (κ1) is 18.1. The number of likely N-dealkylation sites (tertiary alicyclic amines) is 1. The molecule has 0 aliphatic carbocycles. The van der Waals surface area contributed by atoms with Crippen LogP contribution in [-0.2, 0) is 16.0 Å². The number of amides is 2. The van der Waals surface area contributed by atoms with E-state index in [1.165, 1.54) is 0 Å². The van der Waals surface area contributed by atoms with Crippen molar-refractivity contribution >= 4 is 12.0 Å². The Kier molecular flexibility index (Phi) is 5.20. The maximum atomic E-state index is 12.6. The van der Waals surface area contributed by atoms with Gasteiger partial charge in [-0.1, -0.05) is 12.1 Å². The third-order valence-electron chi connectivity index (χ3n) is 5.75. The summed E-state index contributed by atoms with van der Waals surface area (Å²) < 4.78 is 10.9. The fourth-order valence-electron chi connectivity index (χ4n) is 4.33. The molecule has 3 heterocycles. The highest BCUT2D eigenvalue weighted by Crippen LogP contribution is 2.29. The molecule has 1 aromatic rings. The number of nitrogens with zero attached hydrogens (tertiary/aromatic N) is 2. The van der Waals surface area contributed by atoms with E-state index >= 15 is 0 Å². The lowest BCUT2D eigenvalue weighted by Crippen LogP contribution is -2.51. The van der Waals surface area contributed by atoms with Gasteiger partial charge in [-0.15, -0.1) is 0 Å². The van der Waals surface area contributed by atoms with Crippen molar-refractivity contribution in [2.75, 3.05) is 32.8 Å². The molecule has 2 atom stereocenters. The van der Waals surface area contributed by atoms with Crippen LogP contribution in [0, 0.1) is 0 Å². The molecule has 1 N–H and O–H groups in total. The van der Waals surface area contributed by atoms with Crippen molar-refractivity contribution in [2.24, 2.45) is 0 Å². The average molecular weight is 373 g/mol. The fourth-order valence-corrected chi connectivity index (χ4v) is 4.33. The summed E-state index contributed by atoms with van der Waals surface area (Å²) in [6, 6.07) is 8.02. The molecular formula is C20H27N3O4. The minimum Gasteiger partial charge on any atom is -0.494 e. The van der Waals surface area contributed by atoms with Crippen LogP contribution >= 0.6 is 0 Å². The summed E-state index contributed by atoms with van der Waals surface area (Å²) in [5.41, 5.74) is 0.994. The van der Waals surface area contributed by atoms with Crippen LogP contribution in [0.15, 0.2) is 24.3 Å². The fraction of sp³-hybridized carbons (Fsp3) is 0.600. The summed E-state index contributed by atoms with van der Waals surface area (Å²) in [5.74, 6) is 0.966. The van der Waals surface area contributed by atoms with Gasteiger partial charge in [-0.3, -0.25) is 9.69 Å². The largest absolute Gasteiger partial charge is 0.494 e. The van der Waals surface area contributed by atoms with Crippen molar-refractivity contribution < 1.29 is 19.1 Å². The van der Waals surface area contributed by atoms with Gasteiger partial charge in [0, 0.05) is 32.2 Å². The van der Waals surface area contributed by atoms with Crippen LogP contribution in [0.4, 0.5) is 4.79 Å². The standard InChI is InChI=1S/C20H27N3O4/c1-2-26-16-5-3-14(4-6-16)11-19(24)22-9-7-15(8-10-22)23-17-12-21-13-18(17)27-20(23)25/h3-6,15,17-18,21H,2,7-13H2,1H3/t17-,18+/m1/s1. The third-order valence-corrected chi connectivity index (χ3v) is 5.75. The maximum absolute atomic E-state index is 12.6. The van der Waals surface area contributed by atoms with Gasteiger partial charge in [0.05, 0.1) is 19.1 Å². The van der Waals surface area contributed by atoms with Crippen molar-refractivity contribution in [1.82, 2.24) is 15.1 Å². The summed E-state index contributed by atoms with van der Waals surface area (Å²) >= 11 is 0. The molecule has 0 spiro atoms. The number of hydrogen-bond donors (Lipinski definition) is 1. The van der Waals surface area contributed by atoms with Gasteiger partial charge in [0.15, 0.2) is 0 Å². The minimum absolute atomic E-state index is 0.0168. The van der Waals surface area contributed by atoms with E-state index in [4.69, 9.17) is 9.47 Å². The van der Waals surface area contributed by atoms with E-state index in [1.807, 2.05) is 41.0 Å². The molecule has 0 saturated carbocycles. The van der Waals surface area contributed by atoms with Gasteiger partial charge in [0.2, 0.25) is 5.91 Å². The molecule has 0 bridgehead atoms. The zero-order valence-corrected chi connectivity index (χ0v) is 15.7. The zero-order valence-electron chi connectivity index (χ0n) is 15.7. The highest BCUT2D eigenvalue weighted by molar-refractivity contribution is 5.79. The van der Waals surface area contributed by atoms with Crippen LogP contribution in [0.3, 0.4) is 0 Å². The molecular weight excluding hydrogens is 346 g/mol. The molecule has 3 aliphatic rings. The molecule has 0 radical (unpaired) electrons. The predicted molar refractivity (Wildman–Crippen MR) is 99.7 cm³/mol. The van der Waals surface area contributed by atoms with E-state index in [1.54, 1.807) is 0 Å². The third kappa shape index (κ3) is 3.74. The predicted octanol–water partition coefficient (Wildman–Crippen LogP) is 1.41. The SMILES string of the molecule is CCOc1ccc(CC(=O)N2CCC(N3C(=O)O[C@H]4CNC[C@H]43)CC2)cc1. The number of carbonyl (C=O) groups excluding carboxylic acids is 2. The summed E-state index contributed by atoms with van der Waals surface area (Å²) in [6.07, 6.45) is 1.82. The molecule has 3 aliphatic heterocycles. The van der Waals surface area contributed by atoms with E-state index in [0.717, 1.165) is 37.2 Å². The summed E-state index contributed by atoms with van der Waals surface area (Å²) in [5, 5.41) is 3.29. The monoisotopic (exact) mass is 373 g/mol. The van der Waals surface area contributed by atoms with Crippen LogP contribution in [0.2, 0.25) is 0 Å². The summed E-state index contributed by atoms with van der Waals surface area (Å²) in [4.78, 5) is 28.7. The number of carbonyl (C=O) groups is 2. The lowest BCUT2D eigenvalue weighted by Gasteiger charge is -2.37. The molecule has 0 aromatic heterocycles. The lowest BCUT2D eigenvalue weighted by atomic mass is 10.0. The molecule has 0 unspecified atom stereocenters. The number of rotatable bonds is 5. The van der Waals surface area contributed by atoms with Gasteiger partial charge in [-0.25, -0.2) is 4.79 Å². The van der Waals surface area contributed by atoms with Crippen LogP contribution in [0.1, 0.15) is 25.3 Å². The van der Waals surface area contributed by atoms with Crippen molar-refractivity contribution in [1.29, 1.82) is 0 Å². The second kappa shape index (κ2) is 7.76. The van der Waals surface area contributed by atoms with E-state index in [0.29, 0.717) is 26.1 Å². The first-order chi connectivity index (χ1) is 13.2. The quantitative estimate of drug-likeness (QED) is 0.845. The first-order valence-electron chi connectivity index (χ1n) is 9.85. The second-order valence-corrected chi connectivity index (χ2v) is 7.42. The Morgan fingerprint density at radius 2 is 1.96 bits per heavy atom. The van der Waals surface area contributed by atoms with Crippen molar-refractivity contribution in [3.05, 3.63) is 29.8 Å². The Balaban J connectivity index is 1.29. The molecule has 7 nitrogen and oxygen atoms in total. The number of piperidine rings is 1. The van der Waals surface area contributed by atoms with E-state index in [9.17, 15) is 9.59 Å². The minimum atomic E-state index is -0.189. The van der Waals surface area contributed by atoms with Crippen molar-refractivity contribution in [2.45, 2.75) is 44.4 Å². The van der Waals surface area contributed by atoms with Crippen molar-refractivity contribution in [3.63, 3.8) is 0 Å². The molecule has 27 heavy (non-hydrogen) atoms. The average Bonchev–Trinajstić information content (AvgIpc) is 3.24. The molecule has 146 valence electrons. The molecule has 1 aromatic carbocycles. The second-order valence-electron chi connectivity index (χ2n) is 7.42. The first-order valence-corrected chi connectivity index (χ1v) is 9.85. The van der Waals surface area contributed by atoms with Crippen molar-refractivity contribution in [3.8, 4) is 5.75 Å². The Bertz CT molecular complexity index is 685. The Morgan fingerprint density at radius 1 is 1.22 bits per heavy atom. The van der Waals surface area contributed by atoms with Crippen LogP contribution in [0.5, 0.6) is 5.75 Å². The van der Waals surface area contributed by atoms with Crippen LogP contribution in [-0.4, -0.2) is 72.8 Å². The van der Waals surface area contributed by atoms with E-state index in [2.05, 4.69) is 5.32 Å². The smallest absolute Gasteiger partial charge is 0.410 e. The number of benzene rings is 1. The highest BCUT2D eigenvalue weighted by Gasteiger charge is 2.48. The number of hydrogen-bond acceptors (Lipinski definition) is 5. The van der Waals surface area contributed by atoms with Gasteiger partial charge in [0.1, 0.15) is 11.9 Å².